The van der Waals surface area contributed by atoms with Crippen LogP contribution in [0.3, 0.4) is 0 Å². The third-order valence-electron chi connectivity index (χ3n) is 3.49. The van der Waals surface area contributed by atoms with E-state index < -0.39 is 0 Å². The molecule has 3 nitrogen and oxygen atoms in total. The maximum absolute atomic E-state index is 12.0. The summed E-state index contributed by atoms with van der Waals surface area (Å²) in [6, 6.07) is 7.85. The molecular formula is C14H20N2OS. The van der Waals surface area contributed by atoms with E-state index in [4.69, 9.17) is 5.73 Å². The summed E-state index contributed by atoms with van der Waals surface area (Å²) in [5.41, 5.74) is 6.82. The van der Waals surface area contributed by atoms with Gasteiger partial charge in [-0.3, -0.25) is 4.79 Å². The van der Waals surface area contributed by atoms with Gasteiger partial charge in [0.2, 0.25) is 5.91 Å². The van der Waals surface area contributed by atoms with Crippen LogP contribution in [0.4, 0.5) is 5.69 Å². The van der Waals surface area contributed by atoms with Gasteiger partial charge in [-0.05, 0) is 31.2 Å². The van der Waals surface area contributed by atoms with Gasteiger partial charge < -0.3 is 11.1 Å². The highest BCUT2D eigenvalue weighted by atomic mass is 32.2. The van der Waals surface area contributed by atoms with Gasteiger partial charge in [0.25, 0.3) is 0 Å². The molecule has 0 atom stereocenters. The van der Waals surface area contributed by atoms with Crippen LogP contribution in [-0.2, 0) is 4.79 Å². The van der Waals surface area contributed by atoms with Gasteiger partial charge in [0, 0.05) is 16.9 Å². The number of hydrogen-bond donors (Lipinski definition) is 2. The molecule has 0 unspecified atom stereocenters. The van der Waals surface area contributed by atoms with Crippen molar-refractivity contribution in [1.82, 2.24) is 0 Å². The monoisotopic (exact) mass is 264 g/mol. The van der Waals surface area contributed by atoms with Gasteiger partial charge in [-0.25, -0.2) is 0 Å². The normalized spacial score (nSPS) is 17.7. The van der Waals surface area contributed by atoms with Gasteiger partial charge in [0.1, 0.15) is 0 Å². The molecule has 3 N–H and O–H groups in total. The van der Waals surface area contributed by atoms with Crippen LogP contribution in [0.25, 0.3) is 0 Å². The molecule has 1 aromatic rings. The van der Waals surface area contributed by atoms with Crippen molar-refractivity contribution >= 4 is 23.4 Å². The number of para-hydroxylation sites is 1. The lowest BCUT2D eigenvalue weighted by Gasteiger charge is -2.22. The van der Waals surface area contributed by atoms with E-state index in [2.05, 4.69) is 5.32 Å². The van der Waals surface area contributed by atoms with Crippen LogP contribution in [0, 0.1) is 0 Å². The van der Waals surface area contributed by atoms with E-state index in [1.165, 1.54) is 0 Å². The van der Waals surface area contributed by atoms with Crippen molar-refractivity contribution in [3.63, 3.8) is 0 Å². The predicted octanol–water partition coefficient (Wildman–Crippen LogP) is 3.01. The zero-order chi connectivity index (χ0) is 13.0. The Morgan fingerprint density at radius 1 is 1.39 bits per heavy atom. The minimum atomic E-state index is -0.279. The summed E-state index contributed by atoms with van der Waals surface area (Å²) >= 11 is 1.63. The average molecular weight is 264 g/mol. The molecule has 1 aliphatic rings. The van der Waals surface area contributed by atoms with Crippen LogP contribution in [0.5, 0.6) is 0 Å². The highest BCUT2D eigenvalue weighted by Crippen LogP contribution is 2.31. The van der Waals surface area contributed by atoms with Crippen LogP contribution in [-0.4, -0.2) is 17.7 Å². The Bertz CT molecular complexity index is 428. The third-order valence-corrected chi connectivity index (χ3v) is 4.29. The van der Waals surface area contributed by atoms with Gasteiger partial charge in [0.15, 0.2) is 0 Å². The molecule has 0 aliphatic heterocycles. The molecule has 1 aliphatic carbocycles. The fourth-order valence-corrected chi connectivity index (χ4v) is 3.07. The van der Waals surface area contributed by atoms with Crippen LogP contribution in [0.1, 0.15) is 32.1 Å². The molecule has 0 aromatic heterocycles. The highest BCUT2D eigenvalue weighted by molar-refractivity contribution is 7.98. The summed E-state index contributed by atoms with van der Waals surface area (Å²) in [6.07, 6.45) is 6.65. The van der Waals surface area contributed by atoms with E-state index in [0.29, 0.717) is 6.42 Å². The molecule has 1 amide bonds. The van der Waals surface area contributed by atoms with E-state index in [-0.39, 0.29) is 11.4 Å². The number of nitrogens with two attached hydrogens (primary N) is 1. The lowest BCUT2D eigenvalue weighted by molar-refractivity contribution is -0.117. The van der Waals surface area contributed by atoms with Gasteiger partial charge >= 0.3 is 0 Å². The van der Waals surface area contributed by atoms with E-state index >= 15 is 0 Å². The summed E-state index contributed by atoms with van der Waals surface area (Å²) in [5, 5.41) is 2.97. The van der Waals surface area contributed by atoms with Gasteiger partial charge in [-0.2, -0.15) is 0 Å². The third kappa shape index (κ3) is 3.27. The van der Waals surface area contributed by atoms with Crippen LogP contribution < -0.4 is 11.1 Å². The molecule has 18 heavy (non-hydrogen) atoms. The molecule has 1 aromatic carbocycles. The predicted molar refractivity (Wildman–Crippen MR) is 76.9 cm³/mol. The smallest absolute Gasteiger partial charge is 0.226 e. The fraction of sp³-hybridized carbons (Fsp3) is 0.500. The van der Waals surface area contributed by atoms with Crippen molar-refractivity contribution in [2.24, 2.45) is 5.73 Å². The minimum absolute atomic E-state index is 0.0286. The topological polar surface area (TPSA) is 55.1 Å². The lowest BCUT2D eigenvalue weighted by Crippen LogP contribution is -2.40. The standard InChI is InChI=1S/C14H20N2OS/c1-18-12-7-3-2-6-11(12)16-13(17)10-14(15)8-4-5-9-14/h2-3,6-7H,4-5,8-10,15H2,1H3,(H,16,17). The summed E-state index contributed by atoms with van der Waals surface area (Å²) in [5.74, 6) is 0.0286. The molecule has 0 spiro atoms. The number of rotatable bonds is 4. The Morgan fingerprint density at radius 3 is 2.72 bits per heavy atom. The number of carbonyl (C=O) groups excluding carboxylic acids is 1. The van der Waals surface area contributed by atoms with Crippen molar-refractivity contribution in [1.29, 1.82) is 0 Å². The van der Waals surface area contributed by atoms with Crippen molar-refractivity contribution < 1.29 is 4.79 Å². The molecule has 0 saturated heterocycles. The van der Waals surface area contributed by atoms with E-state index in [1.807, 2.05) is 30.5 Å². The van der Waals surface area contributed by atoms with E-state index in [9.17, 15) is 4.79 Å². The maximum atomic E-state index is 12.0. The fourth-order valence-electron chi connectivity index (χ4n) is 2.52. The Labute approximate surface area is 113 Å². The van der Waals surface area contributed by atoms with Gasteiger partial charge in [-0.1, -0.05) is 25.0 Å². The van der Waals surface area contributed by atoms with Crippen LogP contribution in [0.2, 0.25) is 0 Å². The largest absolute Gasteiger partial charge is 0.325 e. The van der Waals surface area contributed by atoms with Crippen LogP contribution >= 0.6 is 11.8 Å². The van der Waals surface area contributed by atoms with Crippen molar-refractivity contribution in [2.45, 2.75) is 42.5 Å². The number of hydrogen-bond acceptors (Lipinski definition) is 3. The molecule has 0 bridgehead atoms. The SMILES string of the molecule is CSc1ccccc1NC(=O)CC1(N)CCCC1. The van der Waals surface area contributed by atoms with Crippen molar-refractivity contribution in [2.75, 3.05) is 11.6 Å². The number of anilines is 1. The quantitative estimate of drug-likeness (QED) is 0.822. The summed E-state index contributed by atoms with van der Waals surface area (Å²) < 4.78 is 0. The Balaban J connectivity index is 1.98. The Kier molecular flexibility index (Phi) is 4.30. The molecule has 4 heteroatoms. The number of thioether (sulfide) groups is 1. The second-order valence-electron chi connectivity index (χ2n) is 4.99. The number of carbonyl (C=O) groups is 1. The molecule has 0 radical (unpaired) electrons. The first-order valence-corrected chi connectivity index (χ1v) is 7.57. The van der Waals surface area contributed by atoms with Gasteiger partial charge in [-0.15, -0.1) is 11.8 Å². The number of nitrogens with one attached hydrogen (secondary N) is 1. The van der Waals surface area contributed by atoms with Crippen molar-refractivity contribution in [3.8, 4) is 0 Å². The summed E-state index contributed by atoms with van der Waals surface area (Å²) in [4.78, 5) is 13.1. The average Bonchev–Trinajstić information content (AvgIpc) is 2.76. The number of benzene rings is 1. The molecule has 0 heterocycles. The van der Waals surface area contributed by atoms with E-state index in [0.717, 1.165) is 36.3 Å². The first-order valence-electron chi connectivity index (χ1n) is 6.35. The molecule has 1 saturated carbocycles. The zero-order valence-corrected chi connectivity index (χ0v) is 11.6. The zero-order valence-electron chi connectivity index (χ0n) is 10.7. The maximum Gasteiger partial charge on any atom is 0.226 e. The van der Waals surface area contributed by atoms with Crippen LogP contribution in [0.15, 0.2) is 29.2 Å². The molecular weight excluding hydrogens is 244 g/mol. The highest BCUT2D eigenvalue weighted by Gasteiger charge is 2.31. The van der Waals surface area contributed by atoms with Gasteiger partial charge in [0.05, 0.1) is 5.69 Å². The van der Waals surface area contributed by atoms with E-state index in [1.54, 1.807) is 11.8 Å². The summed E-state index contributed by atoms with van der Waals surface area (Å²) in [7, 11) is 0. The first kappa shape index (κ1) is 13.4. The molecule has 98 valence electrons. The second-order valence-corrected chi connectivity index (χ2v) is 5.84. The molecule has 2 rings (SSSR count). The Morgan fingerprint density at radius 2 is 2.06 bits per heavy atom. The first-order chi connectivity index (χ1) is 8.63. The Hall–Kier alpha value is -1.00. The summed E-state index contributed by atoms with van der Waals surface area (Å²) in [6.45, 7) is 0. The minimum Gasteiger partial charge on any atom is -0.325 e. The second kappa shape index (κ2) is 5.76. The lowest BCUT2D eigenvalue weighted by atomic mass is 9.94. The van der Waals surface area contributed by atoms with Crippen molar-refractivity contribution in [3.05, 3.63) is 24.3 Å². The molecule has 1 fully saturated rings. The number of amides is 1.